The average molecular weight is 226 g/mol. The first-order chi connectivity index (χ1) is 7.22. The summed E-state index contributed by atoms with van der Waals surface area (Å²) in [6, 6.07) is 8.71. The van der Waals surface area contributed by atoms with Crippen molar-refractivity contribution in [2.24, 2.45) is 0 Å². The number of hydrogen-bond donors (Lipinski definition) is 1. The van der Waals surface area contributed by atoms with E-state index in [1.54, 1.807) is 0 Å². The van der Waals surface area contributed by atoms with E-state index in [0.717, 1.165) is 18.0 Å². The lowest BCUT2D eigenvalue weighted by molar-refractivity contribution is 0.512. The molecule has 0 aliphatic rings. The predicted octanol–water partition coefficient (Wildman–Crippen LogP) is 3.66. The van der Waals surface area contributed by atoms with Crippen LogP contribution in [-0.4, -0.2) is 12.6 Å². The van der Waals surface area contributed by atoms with Crippen LogP contribution in [0.3, 0.4) is 0 Å². The Kier molecular flexibility index (Phi) is 5.74. The van der Waals surface area contributed by atoms with Crippen molar-refractivity contribution in [1.29, 1.82) is 0 Å². The second-order valence-corrected chi connectivity index (χ2v) is 4.46. The minimum atomic E-state index is 0.627. The monoisotopic (exact) mass is 225 g/mol. The number of halogens is 1. The van der Waals surface area contributed by atoms with Gasteiger partial charge in [0.05, 0.1) is 0 Å². The Morgan fingerprint density at radius 3 is 2.53 bits per heavy atom. The first kappa shape index (κ1) is 12.5. The molecule has 1 aromatic rings. The molecule has 2 heteroatoms. The van der Waals surface area contributed by atoms with E-state index in [4.69, 9.17) is 11.6 Å². The molecule has 1 rings (SSSR count). The molecule has 1 nitrogen and oxygen atoms in total. The van der Waals surface area contributed by atoms with Gasteiger partial charge in [0.15, 0.2) is 0 Å². The minimum Gasteiger partial charge on any atom is -0.314 e. The van der Waals surface area contributed by atoms with Gasteiger partial charge in [-0.3, -0.25) is 0 Å². The molecule has 0 spiro atoms. The molecule has 0 aliphatic carbocycles. The largest absolute Gasteiger partial charge is 0.314 e. The summed E-state index contributed by atoms with van der Waals surface area (Å²) in [6.07, 6.45) is 3.57. The van der Waals surface area contributed by atoms with Gasteiger partial charge in [0, 0.05) is 11.1 Å². The third-order valence-electron chi connectivity index (χ3n) is 2.54. The summed E-state index contributed by atoms with van der Waals surface area (Å²) < 4.78 is 0. The highest BCUT2D eigenvalue weighted by Crippen LogP contribution is 2.09. The molecule has 15 heavy (non-hydrogen) atoms. The number of rotatable bonds is 6. The smallest absolute Gasteiger partial charge is 0.0406 e. The fourth-order valence-electron chi connectivity index (χ4n) is 1.65. The Balaban J connectivity index is 2.22. The van der Waals surface area contributed by atoms with E-state index >= 15 is 0 Å². The molecule has 0 fully saturated rings. The van der Waals surface area contributed by atoms with Crippen LogP contribution in [0.25, 0.3) is 0 Å². The molecule has 0 aromatic heterocycles. The normalized spacial score (nSPS) is 12.7. The Morgan fingerprint density at radius 2 is 1.93 bits per heavy atom. The molecule has 0 unspecified atom stereocenters. The summed E-state index contributed by atoms with van der Waals surface area (Å²) in [5.41, 5.74) is 1.34. The molecule has 0 radical (unpaired) electrons. The van der Waals surface area contributed by atoms with E-state index in [-0.39, 0.29) is 0 Å². The lowest BCUT2D eigenvalue weighted by atomic mass is 10.1. The Labute approximate surface area is 97.8 Å². The summed E-state index contributed by atoms with van der Waals surface area (Å²) in [5, 5.41) is 4.32. The van der Waals surface area contributed by atoms with Gasteiger partial charge in [-0.2, -0.15) is 0 Å². The maximum Gasteiger partial charge on any atom is 0.0406 e. The van der Waals surface area contributed by atoms with Crippen molar-refractivity contribution in [3.63, 3.8) is 0 Å². The molecule has 0 saturated heterocycles. The Morgan fingerprint density at radius 1 is 1.27 bits per heavy atom. The van der Waals surface area contributed by atoms with E-state index in [9.17, 15) is 0 Å². The molecule has 0 saturated carbocycles. The van der Waals surface area contributed by atoms with Gasteiger partial charge in [0.2, 0.25) is 0 Å². The highest BCUT2D eigenvalue weighted by molar-refractivity contribution is 6.30. The van der Waals surface area contributed by atoms with Crippen LogP contribution in [0, 0.1) is 0 Å². The van der Waals surface area contributed by atoms with E-state index < -0.39 is 0 Å². The van der Waals surface area contributed by atoms with Gasteiger partial charge in [-0.15, -0.1) is 0 Å². The maximum absolute atomic E-state index is 5.82. The lowest BCUT2D eigenvalue weighted by Crippen LogP contribution is -2.27. The average Bonchev–Trinajstić information content (AvgIpc) is 2.21. The van der Waals surface area contributed by atoms with Gasteiger partial charge >= 0.3 is 0 Å². The van der Waals surface area contributed by atoms with Crippen LogP contribution in [0.5, 0.6) is 0 Å². The molecular weight excluding hydrogens is 206 g/mol. The number of hydrogen-bond acceptors (Lipinski definition) is 1. The maximum atomic E-state index is 5.82. The van der Waals surface area contributed by atoms with Crippen molar-refractivity contribution in [2.45, 2.75) is 39.2 Å². The topological polar surface area (TPSA) is 12.0 Å². The number of nitrogens with one attached hydrogen (secondary N) is 1. The van der Waals surface area contributed by atoms with Crippen LogP contribution < -0.4 is 5.32 Å². The molecule has 0 amide bonds. The standard InChI is InChI=1S/C13H20ClN/c1-3-4-11(2)15-10-9-12-5-7-13(14)8-6-12/h5-8,11,15H,3-4,9-10H2,1-2H3/t11-/m0/s1. The van der Waals surface area contributed by atoms with Crippen LogP contribution in [-0.2, 0) is 6.42 Å². The third kappa shape index (κ3) is 5.19. The minimum absolute atomic E-state index is 0.627. The summed E-state index contributed by atoms with van der Waals surface area (Å²) in [4.78, 5) is 0. The summed E-state index contributed by atoms with van der Waals surface area (Å²) in [6.45, 7) is 5.51. The zero-order chi connectivity index (χ0) is 11.1. The van der Waals surface area contributed by atoms with E-state index in [2.05, 4.69) is 31.3 Å². The van der Waals surface area contributed by atoms with Crippen LogP contribution in [0.4, 0.5) is 0 Å². The third-order valence-corrected chi connectivity index (χ3v) is 2.79. The SMILES string of the molecule is CCC[C@H](C)NCCc1ccc(Cl)cc1. The van der Waals surface area contributed by atoms with Crippen LogP contribution in [0.1, 0.15) is 32.3 Å². The molecule has 0 aliphatic heterocycles. The van der Waals surface area contributed by atoms with Gasteiger partial charge in [-0.1, -0.05) is 37.1 Å². The zero-order valence-corrected chi connectivity index (χ0v) is 10.3. The van der Waals surface area contributed by atoms with Gasteiger partial charge in [0.25, 0.3) is 0 Å². The molecule has 0 heterocycles. The second kappa shape index (κ2) is 6.86. The quantitative estimate of drug-likeness (QED) is 0.779. The van der Waals surface area contributed by atoms with Crippen molar-refractivity contribution < 1.29 is 0 Å². The van der Waals surface area contributed by atoms with Crippen molar-refractivity contribution in [1.82, 2.24) is 5.32 Å². The Bertz CT molecular complexity index is 268. The fraction of sp³-hybridized carbons (Fsp3) is 0.538. The first-order valence-corrected chi connectivity index (χ1v) is 6.08. The second-order valence-electron chi connectivity index (χ2n) is 4.02. The summed E-state index contributed by atoms with van der Waals surface area (Å²) in [7, 11) is 0. The summed E-state index contributed by atoms with van der Waals surface area (Å²) in [5.74, 6) is 0. The van der Waals surface area contributed by atoms with Gasteiger partial charge in [-0.05, 0) is 44.0 Å². The van der Waals surface area contributed by atoms with E-state index in [1.165, 1.54) is 18.4 Å². The van der Waals surface area contributed by atoms with E-state index in [1.807, 2.05) is 12.1 Å². The lowest BCUT2D eigenvalue weighted by Gasteiger charge is -2.12. The highest BCUT2D eigenvalue weighted by atomic mass is 35.5. The van der Waals surface area contributed by atoms with Crippen molar-refractivity contribution >= 4 is 11.6 Å². The van der Waals surface area contributed by atoms with Crippen LogP contribution in [0.2, 0.25) is 5.02 Å². The predicted molar refractivity (Wildman–Crippen MR) is 67.5 cm³/mol. The van der Waals surface area contributed by atoms with Crippen molar-refractivity contribution in [2.75, 3.05) is 6.54 Å². The van der Waals surface area contributed by atoms with Gasteiger partial charge in [-0.25, -0.2) is 0 Å². The van der Waals surface area contributed by atoms with Crippen molar-refractivity contribution in [3.8, 4) is 0 Å². The molecule has 1 aromatic carbocycles. The van der Waals surface area contributed by atoms with Crippen molar-refractivity contribution in [3.05, 3.63) is 34.9 Å². The summed E-state index contributed by atoms with van der Waals surface area (Å²) >= 11 is 5.82. The van der Waals surface area contributed by atoms with Crippen LogP contribution >= 0.6 is 11.6 Å². The Hall–Kier alpha value is -0.530. The molecule has 1 N–H and O–H groups in total. The van der Waals surface area contributed by atoms with Gasteiger partial charge < -0.3 is 5.32 Å². The highest BCUT2D eigenvalue weighted by Gasteiger charge is 1.99. The fourth-order valence-corrected chi connectivity index (χ4v) is 1.78. The molecular formula is C13H20ClN. The van der Waals surface area contributed by atoms with Gasteiger partial charge in [0.1, 0.15) is 0 Å². The number of benzene rings is 1. The first-order valence-electron chi connectivity index (χ1n) is 5.70. The van der Waals surface area contributed by atoms with Crippen LogP contribution in [0.15, 0.2) is 24.3 Å². The molecule has 0 bridgehead atoms. The zero-order valence-electron chi connectivity index (χ0n) is 9.59. The van der Waals surface area contributed by atoms with E-state index in [0.29, 0.717) is 6.04 Å². The molecule has 1 atom stereocenters. The molecule has 84 valence electrons.